The van der Waals surface area contributed by atoms with Crippen LogP contribution in [0.4, 0.5) is 5.69 Å². The average molecular weight is 347 g/mol. The molecular formula is C18H21MoN. The fourth-order valence-corrected chi connectivity index (χ4v) is 4.17. The standard InChI is InChI=1S/C10H12.C8H9N.Mo/c1-10(2,3)9-7-5-4-6-8-9;1-6-4-3-5-7(2)8(6)9;/h1,4-8H,2-3H3;3-5H,1-2H3;. The van der Waals surface area contributed by atoms with Gasteiger partial charge in [0.25, 0.3) is 0 Å². The summed E-state index contributed by atoms with van der Waals surface area (Å²) < 4.78 is 7.31. The first-order valence-corrected chi connectivity index (χ1v) is 8.89. The molecule has 2 aromatic rings. The van der Waals surface area contributed by atoms with E-state index in [1.54, 1.807) is 0 Å². The van der Waals surface area contributed by atoms with Gasteiger partial charge in [0.15, 0.2) is 0 Å². The van der Waals surface area contributed by atoms with Crippen molar-refractivity contribution in [2.75, 3.05) is 0 Å². The van der Waals surface area contributed by atoms with Crippen molar-refractivity contribution in [3.8, 4) is 0 Å². The zero-order valence-corrected chi connectivity index (χ0v) is 14.6. The van der Waals surface area contributed by atoms with Gasteiger partial charge in [-0.2, -0.15) is 0 Å². The molecule has 0 aliphatic rings. The monoisotopic (exact) mass is 349 g/mol. The minimum absolute atomic E-state index is 0.101. The van der Waals surface area contributed by atoms with Gasteiger partial charge in [0.05, 0.1) is 0 Å². The van der Waals surface area contributed by atoms with Gasteiger partial charge in [-0.15, -0.1) is 0 Å². The molecule has 0 saturated carbocycles. The molecule has 0 heterocycles. The molecule has 2 aromatic carbocycles. The van der Waals surface area contributed by atoms with Gasteiger partial charge in [-0.25, -0.2) is 0 Å². The van der Waals surface area contributed by atoms with Crippen LogP contribution in [-0.2, 0) is 23.3 Å². The predicted molar refractivity (Wildman–Crippen MR) is 83.5 cm³/mol. The van der Waals surface area contributed by atoms with Crippen LogP contribution in [0.2, 0.25) is 0 Å². The van der Waals surface area contributed by atoms with Crippen LogP contribution in [0.3, 0.4) is 0 Å². The molecule has 0 N–H and O–H groups in total. The van der Waals surface area contributed by atoms with Gasteiger partial charge in [-0.1, -0.05) is 0 Å². The van der Waals surface area contributed by atoms with Crippen molar-refractivity contribution in [3.05, 3.63) is 65.2 Å². The van der Waals surface area contributed by atoms with Crippen molar-refractivity contribution < 1.29 is 17.9 Å². The van der Waals surface area contributed by atoms with E-state index in [0.29, 0.717) is 0 Å². The number of benzene rings is 2. The molecule has 0 aliphatic carbocycles. The summed E-state index contributed by atoms with van der Waals surface area (Å²) in [6, 6.07) is 17.1. The molecule has 2 rings (SSSR count). The van der Waals surface area contributed by atoms with Gasteiger partial charge in [-0.3, -0.25) is 0 Å². The van der Waals surface area contributed by atoms with Crippen molar-refractivity contribution in [2.24, 2.45) is 3.50 Å². The summed E-state index contributed by atoms with van der Waals surface area (Å²) in [5, 5.41) is 0. The van der Waals surface area contributed by atoms with Crippen LogP contribution in [0.1, 0.15) is 30.5 Å². The third-order valence-corrected chi connectivity index (χ3v) is 5.86. The Morgan fingerprint density at radius 2 is 1.50 bits per heavy atom. The molecule has 0 radical (unpaired) electrons. The minimum atomic E-state index is -0.493. The summed E-state index contributed by atoms with van der Waals surface area (Å²) in [4.78, 5) is 0. The second kappa shape index (κ2) is 6.50. The molecule has 0 saturated heterocycles. The summed E-state index contributed by atoms with van der Waals surface area (Å²) in [6.07, 6.45) is 0. The van der Waals surface area contributed by atoms with E-state index in [9.17, 15) is 0 Å². The molecule has 2 heteroatoms. The number of hydrogen-bond acceptors (Lipinski definition) is 1. The van der Waals surface area contributed by atoms with Crippen LogP contribution in [0.25, 0.3) is 0 Å². The van der Waals surface area contributed by atoms with Crippen LogP contribution in [-0.4, -0.2) is 4.40 Å². The Bertz CT molecular complexity index is 630. The van der Waals surface area contributed by atoms with Gasteiger partial charge in [-0.05, 0) is 0 Å². The van der Waals surface area contributed by atoms with Crippen LogP contribution in [0.15, 0.2) is 52.0 Å². The third kappa shape index (κ3) is 3.67. The molecule has 0 unspecified atom stereocenters. The predicted octanol–water partition coefficient (Wildman–Crippen LogP) is 4.98. The number of hydrogen-bond donors (Lipinski definition) is 0. The maximum atomic E-state index is 4.89. The van der Waals surface area contributed by atoms with E-state index in [1.807, 2.05) is 0 Å². The van der Waals surface area contributed by atoms with E-state index < -0.39 is 17.9 Å². The third-order valence-electron chi connectivity index (χ3n) is 3.45. The topological polar surface area (TPSA) is 12.4 Å². The van der Waals surface area contributed by atoms with E-state index in [-0.39, 0.29) is 5.41 Å². The number of rotatable bonds is 3. The number of aryl methyl sites for hydroxylation is 2. The van der Waals surface area contributed by atoms with E-state index in [1.165, 1.54) is 22.4 Å². The fourth-order valence-electron chi connectivity index (χ4n) is 2.10. The summed E-state index contributed by atoms with van der Waals surface area (Å²) in [5.74, 6) is 0. The Kier molecular flexibility index (Phi) is 4.94. The molecule has 1 nitrogen and oxygen atoms in total. The van der Waals surface area contributed by atoms with Crippen LogP contribution < -0.4 is 0 Å². The second-order valence-corrected chi connectivity index (χ2v) is 7.19. The summed E-state index contributed by atoms with van der Waals surface area (Å²) >= 11 is -0.493. The molecule has 104 valence electrons. The molecular weight excluding hydrogens is 326 g/mol. The fraction of sp³-hybridized carbons (Fsp3) is 0.278. The SMILES string of the molecule is Cc1cccc(C)c1[N]=[Mo]=[CH]C(C)(C)c1ccccc1. The Morgan fingerprint density at radius 3 is 2.10 bits per heavy atom. The summed E-state index contributed by atoms with van der Waals surface area (Å²) in [5.41, 5.74) is 5.21. The van der Waals surface area contributed by atoms with Gasteiger partial charge in [0.2, 0.25) is 0 Å². The van der Waals surface area contributed by atoms with Crippen molar-refractivity contribution in [3.63, 3.8) is 0 Å². The number of nitrogens with zero attached hydrogens (tertiary/aromatic N) is 1. The Hall–Kier alpha value is -1.20. The normalized spacial score (nSPS) is 11.0. The van der Waals surface area contributed by atoms with Crippen molar-refractivity contribution in [2.45, 2.75) is 33.1 Å². The first kappa shape index (κ1) is 15.2. The molecule has 0 aromatic heterocycles. The molecule has 0 fully saturated rings. The maximum absolute atomic E-state index is 4.89. The Balaban J connectivity index is 2.31. The van der Waals surface area contributed by atoms with Crippen molar-refractivity contribution in [1.82, 2.24) is 0 Å². The van der Waals surface area contributed by atoms with Gasteiger partial charge >= 0.3 is 130 Å². The molecule has 0 aliphatic heterocycles. The van der Waals surface area contributed by atoms with Gasteiger partial charge < -0.3 is 0 Å². The van der Waals surface area contributed by atoms with Crippen LogP contribution in [0, 0.1) is 13.8 Å². The molecule has 0 bridgehead atoms. The van der Waals surface area contributed by atoms with E-state index >= 15 is 0 Å². The zero-order chi connectivity index (χ0) is 14.6. The molecule has 0 spiro atoms. The van der Waals surface area contributed by atoms with Crippen molar-refractivity contribution in [1.29, 1.82) is 0 Å². The van der Waals surface area contributed by atoms with Gasteiger partial charge in [0, 0.05) is 0 Å². The summed E-state index contributed by atoms with van der Waals surface area (Å²) in [6.45, 7) is 8.82. The average Bonchev–Trinajstić information content (AvgIpc) is 2.43. The van der Waals surface area contributed by atoms with E-state index in [0.717, 1.165) is 0 Å². The second-order valence-electron chi connectivity index (χ2n) is 5.64. The van der Waals surface area contributed by atoms with Gasteiger partial charge in [0.1, 0.15) is 0 Å². The first-order chi connectivity index (χ1) is 9.50. The summed E-state index contributed by atoms with van der Waals surface area (Å²) in [7, 11) is 0. The van der Waals surface area contributed by atoms with E-state index in [2.05, 4.69) is 80.6 Å². The van der Waals surface area contributed by atoms with E-state index in [4.69, 9.17) is 3.50 Å². The Labute approximate surface area is 130 Å². The molecule has 0 amide bonds. The van der Waals surface area contributed by atoms with Crippen LogP contribution in [0.5, 0.6) is 0 Å². The van der Waals surface area contributed by atoms with Crippen LogP contribution >= 0.6 is 0 Å². The Morgan fingerprint density at radius 1 is 0.900 bits per heavy atom. The molecule has 0 atom stereocenters. The molecule has 20 heavy (non-hydrogen) atoms. The zero-order valence-electron chi connectivity index (χ0n) is 12.6. The quantitative estimate of drug-likeness (QED) is 0.695. The van der Waals surface area contributed by atoms with Crippen molar-refractivity contribution >= 4 is 10.1 Å². The first-order valence-electron chi connectivity index (χ1n) is 6.84.